The first-order valence-electron chi connectivity index (χ1n) is 14.9. The van der Waals surface area contributed by atoms with Crippen LogP contribution in [-0.2, 0) is 0 Å². The summed E-state index contributed by atoms with van der Waals surface area (Å²) in [5, 5.41) is 10.1. The molecule has 0 radical (unpaired) electrons. The fourth-order valence-corrected chi connectivity index (χ4v) is 6.83. The van der Waals surface area contributed by atoms with E-state index in [0.717, 1.165) is 37.9 Å². The van der Waals surface area contributed by atoms with Gasteiger partial charge in [-0.3, -0.25) is 9.20 Å². The normalized spacial score (nSPS) is 18.0. The third kappa shape index (κ3) is 5.62. The molecule has 0 aliphatic carbocycles. The second-order valence-corrected chi connectivity index (χ2v) is 12.1. The number of aromatic nitrogens is 2. The van der Waals surface area contributed by atoms with Crippen molar-refractivity contribution in [3.05, 3.63) is 81.2 Å². The molecular formula is C33H35Cl2FN4O4. The Balaban J connectivity index is 1.45. The maximum Gasteiger partial charge on any atom is 0.275 e. The Morgan fingerprint density at radius 2 is 2.07 bits per heavy atom. The summed E-state index contributed by atoms with van der Waals surface area (Å²) >= 11 is 12.8. The molecule has 2 aliphatic heterocycles. The van der Waals surface area contributed by atoms with Crippen molar-refractivity contribution in [3.8, 4) is 22.9 Å². The van der Waals surface area contributed by atoms with Crippen LogP contribution in [0.15, 0.2) is 48.5 Å². The highest BCUT2D eigenvalue weighted by molar-refractivity contribution is 6.43. The first kappa shape index (κ1) is 30.6. The number of methoxy groups -OCH3 is 1. The molecule has 2 atom stereocenters. The number of pyridine rings is 1. The van der Waals surface area contributed by atoms with Gasteiger partial charge in [0.05, 0.1) is 23.9 Å². The van der Waals surface area contributed by atoms with Crippen LogP contribution in [0.2, 0.25) is 10.0 Å². The molecule has 2 aromatic carbocycles. The number of hydrogen-bond acceptors (Lipinski definition) is 6. The number of aliphatic hydroxyl groups is 1. The monoisotopic (exact) mass is 640 g/mol. The maximum absolute atomic E-state index is 14.9. The molecule has 4 aromatic rings. The molecule has 1 saturated heterocycles. The first-order chi connectivity index (χ1) is 21.3. The van der Waals surface area contributed by atoms with Gasteiger partial charge in [-0.25, -0.2) is 9.37 Å². The lowest BCUT2D eigenvalue weighted by atomic mass is 10.0. The van der Waals surface area contributed by atoms with Crippen LogP contribution in [0.3, 0.4) is 0 Å². The van der Waals surface area contributed by atoms with Gasteiger partial charge < -0.3 is 24.4 Å². The van der Waals surface area contributed by atoms with E-state index in [1.807, 2.05) is 6.07 Å². The minimum atomic E-state index is -0.436. The first-order valence-corrected chi connectivity index (χ1v) is 15.7. The largest absolute Gasteiger partial charge is 0.489 e. The van der Waals surface area contributed by atoms with Crippen LogP contribution in [0, 0.1) is 12.7 Å². The Morgan fingerprint density at radius 1 is 1.23 bits per heavy atom. The second-order valence-electron chi connectivity index (χ2n) is 11.3. The smallest absolute Gasteiger partial charge is 0.275 e. The van der Waals surface area contributed by atoms with Crippen molar-refractivity contribution in [1.82, 2.24) is 19.2 Å². The number of benzene rings is 2. The van der Waals surface area contributed by atoms with E-state index in [1.54, 1.807) is 59.7 Å². The predicted octanol–water partition coefficient (Wildman–Crippen LogP) is 6.58. The average molecular weight is 642 g/mol. The Morgan fingerprint density at radius 3 is 2.84 bits per heavy atom. The number of amides is 1. The second kappa shape index (κ2) is 12.9. The van der Waals surface area contributed by atoms with Crippen molar-refractivity contribution in [1.29, 1.82) is 0 Å². The third-order valence-electron chi connectivity index (χ3n) is 8.73. The lowest BCUT2D eigenvalue weighted by Crippen LogP contribution is -2.40. The van der Waals surface area contributed by atoms with Gasteiger partial charge in [0.25, 0.3) is 5.91 Å². The number of nitrogens with zero attached hydrogens (tertiary/aromatic N) is 4. The molecule has 11 heteroatoms. The minimum absolute atomic E-state index is 0.146. The van der Waals surface area contributed by atoms with Gasteiger partial charge in [-0.2, -0.15) is 0 Å². The van der Waals surface area contributed by atoms with Crippen LogP contribution in [0.5, 0.6) is 11.6 Å². The van der Waals surface area contributed by atoms with Gasteiger partial charge in [0.1, 0.15) is 28.8 Å². The summed E-state index contributed by atoms with van der Waals surface area (Å²) in [5.41, 5.74) is 2.94. The Labute approximate surface area is 265 Å². The van der Waals surface area contributed by atoms with E-state index in [4.69, 9.17) is 37.7 Å². The number of aryl methyl sites for hydroxylation is 1. The van der Waals surface area contributed by atoms with Gasteiger partial charge in [-0.05, 0) is 69.0 Å². The number of fused-ring (bicyclic) bond motifs is 2. The van der Waals surface area contributed by atoms with Crippen LogP contribution >= 0.6 is 23.2 Å². The summed E-state index contributed by atoms with van der Waals surface area (Å²) in [5.74, 6) is 0.263. The van der Waals surface area contributed by atoms with Crippen LogP contribution in [0.25, 0.3) is 16.9 Å². The summed E-state index contributed by atoms with van der Waals surface area (Å²) in [4.78, 5) is 23.8. The molecule has 232 valence electrons. The third-order valence-corrected chi connectivity index (χ3v) is 9.52. The molecule has 2 aliphatic rings. The number of hydrogen-bond donors (Lipinski definition) is 1. The molecule has 6 rings (SSSR count). The molecule has 1 fully saturated rings. The van der Waals surface area contributed by atoms with Gasteiger partial charge in [-0.1, -0.05) is 47.5 Å². The number of halogens is 3. The van der Waals surface area contributed by atoms with Crippen LogP contribution in [0.4, 0.5) is 4.39 Å². The van der Waals surface area contributed by atoms with E-state index in [2.05, 4.69) is 4.90 Å². The topological polar surface area (TPSA) is 79.5 Å². The molecule has 44 heavy (non-hydrogen) atoms. The lowest BCUT2D eigenvalue weighted by Gasteiger charge is -2.31. The van der Waals surface area contributed by atoms with E-state index >= 15 is 0 Å². The summed E-state index contributed by atoms with van der Waals surface area (Å²) in [7, 11) is 1.55. The molecule has 0 saturated carbocycles. The number of carbonyl (C=O) groups is 1. The molecule has 8 nitrogen and oxygen atoms in total. The number of rotatable bonds is 10. The molecule has 1 N–H and O–H groups in total. The van der Waals surface area contributed by atoms with Gasteiger partial charge in [0, 0.05) is 36.9 Å². The van der Waals surface area contributed by atoms with E-state index in [0.29, 0.717) is 57.1 Å². The quantitative estimate of drug-likeness (QED) is 0.211. The van der Waals surface area contributed by atoms with E-state index < -0.39 is 6.04 Å². The van der Waals surface area contributed by atoms with E-state index in [1.165, 1.54) is 6.07 Å². The van der Waals surface area contributed by atoms with E-state index in [-0.39, 0.29) is 36.7 Å². The van der Waals surface area contributed by atoms with Gasteiger partial charge in [-0.15, -0.1) is 0 Å². The lowest BCUT2D eigenvalue weighted by molar-refractivity contribution is 0.0621. The Kier molecular flexibility index (Phi) is 9.01. The van der Waals surface area contributed by atoms with Crippen molar-refractivity contribution >= 4 is 34.8 Å². The zero-order valence-corrected chi connectivity index (χ0v) is 26.2. The fraction of sp³-hybridized carbons (Fsp3) is 0.394. The standard InChI is InChI=1S/C33H35Cl2FN4O4/c1-20-9-10-21(18-25(20)36)31-30(37-27-7-3-8-28(43-2)40(27)31)33(42)39(16-13-22-6-4-14-38(22)15-5-17-41)26-19-44-32-23(26)11-12-24(34)29(32)35/h3,7-12,18,22,26,41H,4-6,13-17,19H2,1-2H3/t22-,26?/m0/s1. The Hall–Kier alpha value is -3.37. The van der Waals surface area contributed by atoms with Gasteiger partial charge >= 0.3 is 0 Å². The van der Waals surface area contributed by atoms with Crippen molar-refractivity contribution in [2.75, 3.05) is 40.0 Å². The highest BCUT2D eigenvalue weighted by Crippen LogP contribution is 2.45. The zero-order chi connectivity index (χ0) is 31.0. The van der Waals surface area contributed by atoms with Crippen molar-refractivity contribution in [2.45, 2.75) is 44.7 Å². The molecule has 4 heterocycles. The number of imidazole rings is 1. The minimum Gasteiger partial charge on any atom is -0.489 e. The summed E-state index contributed by atoms with van der Waals surface area (Å²) in [6.45, 7) is 4.27. The molecular weight excluding hydrogens is 606 g/mol. The average Bonchev–Trinajstić information content (AvgIpc) is 3.76. The number of carbonyl (C=O) groups excluding carboxylic acids is 1. The summed E-state index contributed by atoms with van der Waals surface area (Å²) < 4.78 is 28.4. The van der Waals surface area contributed by atoms with Gasteiger partial charge in [0.2, 0.25) is 0 Å². The van der Waals surface area contributed by atoms with Crippen molar-refractivity contribution in [2.24, 2.45) is 0 Å². The van der Waals surface area contributed by atoms with Crippen LogP contribution in [-0.4, -0.2) is 76.2 Å². The molecule has 2 aromatic heterocycles. The van der Waals surface area contributed by atoms with Crippen molar-refractivity contribution < 1.29 is 23.8 Å². The number of aliphatic hydroxyl groups excluding tert-OH is 1. The summed E-state index contributed by atoms with van der Waals surface area (Å²) in [6, 6.07) is 13.7. The van der Waals surface area contributed by atoms with Gasteiger partial charge in [0.15, 0.2) is 11.6 Å². The zero-order valence-electron chi connectivity index (χ0n) is 24.7. The SMILES string of the molecule is COc1cccc2nc(C(=O)N(CC[C@@H]3CCCN3CCCO)C3COc4c3ccc(Cl)c4Cl)c(-c3ccc(C)c(F)c3)n12. The number of likely N-dealkylation sites (tertiary alicyclic amines) is 1. The fourth-order valence-electron chi connectivity index (χ4n) is 6.46. The maximum atomic E-state index is 14.9. The Bertz CT molecular complexity index is 1700. The van der Waals surface area contributed by atoms with Crippen LogP contribution in [0.1, 0.15) is 53.3 Å². The highest BCUT2D eigenvalue weighted by atomic mass is 35.5. The number of ether oxygens (including phenoxy) is 2. The molecule has 0 spiro atoms. The van der Waals surface area contributed by atoms with Crippen molar-refractivity contribution in [3.63, 3.8) is 0 Å². The molecule has 0 bridgehead atoms. The predicted molar refractivity (Wildman–Crippen MR) is 169 cm³/mol. The molecule has 1 amide bonds. The summed E-state index contributed by atoms with van der Waals surface area (Å²) in [6.07, 6.45) is 3.53. The molecule has 1 unspecified atom stereocenters. The van der Waals surface area contributed by atoms with Crippen LogP contribution < -0.4 is 9.47 Å². The highest BCUT2D eigenvalue weighted by Gasteiger charge is 2.38. The van der Waals surface area contributed by atoms with E-state index in [9.17, 15) is 14.3 Å².